The number of nitrogens with zero attached hydrogens (tertiary/aromatic N) is 3. The molecule has 2 aromatic heterocycles. The Hall–Kier alpha value is -10.3. The third-order valence-electron chi connectivity index (χ3n) is 17.3. The summed E-state index contributed by atoms with van der Waals surface area (Å²) in [5, 5.41) is 213. The molecular weight excluding hydrogens is 1620 g/mol. The molecule has 2 heterocycles. The number of nitrogens with one attached hydrogen (secondary N) is 12. The van der Waals surface area contributed by atoms with Crippen LogP contribution in [0.2, 0.25) is 0 Å². The second-order valence-electron chi connectivity index (χ2n) is 26.3. The molecule has 33 N–H and O–H groups in total. The number of nitrogen functional groups attached to an aromatic ring is 1. The summed E-state index contributed by atoms with van der Waals surface area (Å²) < 4.78 is 0. The number of aliphatic hydroxyl groups is 15. The van der Waals surface area contributed by atoms with Gasteiger partial charge in [-0.1, -0.05) is 21.6 Å². The average Bonchev–Trinajstić information content (AvgIpc) is 0.809. The molecule has 0 radical (unpaired) electrons. The van der Waals surface area contributed by atoms with E-state index in [9.17, 15) is 164 Å². The Morgan fingerprint density at radius 1 is 0.432 bits per heavy atom. The maximum atomic E-state index is 14.7. The minimum atomic E-state index is -2.24. The third-order valence-corrected chi connectivity index (χ3v) is 19.1. The average molecular weight is 1730 g/mol. The van der Waals surface area contributed by atoms with E-state index in [1.807, 2.05) is 0 Å². The molecule has 0 unspecified atom stereocenters. The number of aromatic amines is 1. The van der Waals surface area contributed by atoms with Crippen molar-refractivity contribution in [1.82, 2.24) is 73.1 Å². The van der Waals surface area contributed by atoms with Crippen molar-refractivity contribution in [2.45, 2.75) is 199 Å². The summed E-state index contributed by atoms with van der Waals surface area (Å²) in [4.78, 5) is 215. The fourth-order valence-corrected chi connectivity index (χ4v) is 11.7. The highest BCUT2D eigenvalue weighted by Crippen LogP contribution is 2.19. The normalized spacial score (nSPS) is 16.2. The van der Waals surface area contributed by atoms with Gasteiger partial charge in [0.25, 0.3) is 11.5 Å². The van der Waals surface area contributed by atoms with E-state index in [0.29, 0.717) is 5.69 Å². The van der Waals surface area contributed by atoms with Crippen LogP contribution in [0.3, 0.4) is 0 Å². The molecule has 0 saturated carbocycles. The largest absolute Gasteiger partial charge is 0.481 e. The number of aliphatic hydroxyl groups excluding tert-OH is 15. The molecule has 660 valence electrons. The molecule has 0 aliphatic carbocycles. The first-order valence-electron chi connectivity index (χ1n) is 35.9. The first kappa shape index (κ1) is 102. The molecule has 3 aromatic rings. The fraction of sp³-hybridized carbons (Fsp3) is 0.606. The maximum absolute atomic E-state index is 14.7. The summed E-state index contributed by atoms with van der Waals surface area (Å²) in [6.07, 6.45) is -33.1. The lowest BCUT2D eigenvalue weighted by molar-refractivity contribution is -0.142. The van der Waals surface area contributed by atoms with E-state index in [1.165, 1.54) is 30.5 Å². The van der Waals surface area contributed by atoms with Crippen molar-refractivity contribution in [3.8, 4) is 0 Å². The molecule has 3 rings (SSSR count). The molecule has 0 aliphatic heterocycles. The van der Waals surface area contributed by atoms with Crippen molar-refractivity contribution in [3.63, 3.8) is 0 Å². The van der Waals surface area contributed by atoms with E-state index in [0.717, 1.165) is 21.6 Å². The lowest BCUT2D eigenvalue weighted by Gasteiger charge is -2.28. The first-order chi connectivity index (χ1) is 55.5. The number of anilines is 2. The number of aliphatic carboxylic acids is 4. The van der Waals surface area contributed by atoms with Crippen LogP contribution in [0.15, 0.2) is 35.3 Å². The van der Waals surface area contributed by atoms with Crippen molar-refractivity contribution in [1.29, 1.82) is 0 Å². The number of hydrogen-bond donors (Lipinski definition) is 32. The monoisotopic (exact) mass is 1720 g/mol. The Bertz CT molecular complexity index is 3920. The summed E-state index contributed by atoms with van der Waals surface area (Å²) in [6, 6.07) is -8.88. The molecule has 19 atom stereocenters. The highest BCUT2D eigenvalue weighted by atomic mass is 33.1. The van der Waals surface area contributed by atoms with Crippen LogP contribution in [0.1, 0.15) is 93.1 Å². The Morgan fingerprint density at radius 3 is 1.13 bits per heavy atom. The number of nitrogens with two attached hydrogens (primary N) is 1. The molecule has 50 nitrogen and oxygen atoms in total. The zero-order valence-corrected chi connectivity index (χ0v) is 64.5. The number of hydrogen-bond acceptors (Lipinski definition) is 37. The van der Waals surface area contributed by atoms with Gasteiger partial charge in [-0.15, -0.1) is 0 Å². The molecule has 0 spiro atoms. The van der Waals surface area contributed by atoms with Crippen LogP contribution in [0.4, 0.5) is 11.6 Å². The number of fused-ring (bicyclic) bond motifs is 1. The van der Waals surface area contributed by atoms with E-state index in [4.69, 9.17) is 10.8 Å². The Morgan fingerprint density at radius 2 is 0.771 bits per heavy atom. The number of benzene rings is 1. The van der Waals surface area contributed by atoms with Crippen molar-refractivity contribution in [2.75, 3.05) is 62.5 Å². The van der Waals surface area contributed by atoms with Gasteiger partial charge in [-0.25, -0.2) is 19.6 Å². The molecule has 118 heavy (non-hydrogen) atoms. The lowest BCUT2D eigenvalue weighted by Crippen LogP contribution is -2.60. The smallest absolute Gasteiger partial charge is 0.327 e. The summed E-state index contributed by atoms with van der Waals surface area (Å²) >= 11 is 0. The van der Waals surface area contributed by atoms with Crippen LogP contribution >= 0.6 is 21.6 Å². The van der Waals surface area contributed by atoms with Crippen LogP contribution in [-0.2, 0) is 68.9 Å². The zero-order valence-electron chi connectivity index (χ0n) is 62.9. The molecule has 0 bridgehead atoms. The van der Waals surface area contributed by atoms with Gasteiger partial charge in [-0.05, 0) is 69.0 Å². The van der Waals surface area contributed by atoms with Crippen LogP contribution in [0, 0.1) is 0 Å². The van der Waals surface area contributed by atoms with E-state index in [2.05, 4.69) is 78.4 Å². The molecule has 52 heteroatoms. The Labute approximate surface area is 675 Å². The first-order valence-corrected chi connectivity index (χ1v) is 38.6. The van der Waals surface area contributed by atoms with Crippen molar-refractivity contribution < 1.29 is 164 Å². The van der Waals surface area contributed by atoms with E-state index in [1.54, 1.807) is 6.26 Å². The number of carbonyl (C=O) groups is 14. The summed E-state index contributed by atoms with van der Waals surface area (Å²) in [6.45, 7) is -5.95. The number of carboxylic acids is 4. The maximum Gasteiger partial charge on any atom is 0.327 e. The Balaban J connectivity index is 2.07. The molecule has 0 aliphatic rings. The second kappa shape index (κ2) is 51.8. The van der Waals surface area contributed by atoms with Gasteiger partial charge in [0.05, 0.1) is 56.6 Å². The van der Waals surface area contributed by atoms with Gasteiger partial charge in [0, 0.05) is 75.2 Å². The minimum Gasteiger partial charge on any atom is -0.481 e. The van der Waals surface area contributed by atoms with Crippen molar-refractivity contribution >= 4 is 127 Å². The molecule has 0 saturated heterocycles. The predicted molar refractivity (Wildman–Crippen MR) is 403 cm³/mol. The van der Waals surface area contributed by atoms with Gasteiger partial charge in [-0.2, -0.15) is 4.98 Å². The second-order valence-corrected chi connectivity index (χ2v) is 28.9. The van der Waals surface area contributed by atoms with Crippen molar-refractivity contribution in [2.24, 2.45) is 0 Å². The number of H-pyrrole nitrogens is 1. The zero-order chi connectivity index (χ0) is 88.8. The van der Waals surface area contributed by atoms with Gasteiger partial charge in [0.1, 0.15) is 97.2 Å². The van der Waals surface area contributed by atoms with Crippen LogP contribution in [-0.4, -0.2) is 367 Å². The molecule has 1 aromatic carbocycles. The minimum absolute atomic E-state index is 0.00245. The van der Waals surface area contributed by atoms with E-state index < -0.39 is 321 Å². The fourth-order valence-electron chi connectivity index (χ4n) is 10.4. The summed E-state index contributed by atoms with van der Waals surface area (Å²) in [7, 11) is 2.02. The quantitative estimate of drug-likeness (QED) is 0.0233. The standard InChI is InChI=1S/C66H100N16O34S2/c1-117-118-26-36(65(115)116)80-62(111)32(8-14-45(94)71-22-39(88)52(102)55(105)42(91)25-85)76-61(110)34(11-17-48(98)99)78-59(108)31(7-13-44(93)70-21-38(87)51(101)54(104)41(90)24-84)75-60(109)33(10-16-47(96)97)77-58(107)30(6-12-43(92)69-20-37(86)50(100)53(103)40(89)23-83)74-46(95)15-9-35(64(113)114)79-57(106)27-2-4-28(5-3-27)68-18-29-19-72-56-49(73-29)63(112)82-66(67)81-56/h2-5,19,30-42,50-55,68,83-91,100-105H,6-18,20-26H2,1H3,(H,69,92)(H,70,93)(H,71,94)(H,74,95)(H,75,109)(H,76,110)(H,77,107)(H,78,108)(H,79,106)(H,80,111)(H,96,97)(H,98,99)(H,113,114)(H,115,116)(H3,67,72,81,82,112)/t30-,31-,32-,33-,34-,35-,36-,37-,38-,39-,40+,41+,42+,50+,51+,52+,53+,54+,55+/m0/s1. The highest BCUT2D eigenvalue weighted by Gasteiger charge is 2.38. The number of aromatic nitrogens is 4. The summed E-state index contributed by atoms with van der Waals surface area (Å²) in [5.74, 6) is -20.1. The predicted octanol–water partition coefficient (Wildman–Crippen LogP) is -13.4. The number of rotatable bonds is 57. The van der Waals surface area contributed by atoms with Crippen LogP contribution in [0.25, 0.3) is 11.2 Å². The Kier molecular flexibility index (Phi) is 44.8. The number of carboxylic acid groups (broad SMARTS) is 4. The van der Waals surface area contributed by atoms with Gasteiger partial charge in [0.15, 0.2) is 11.2 Å². The summed E-state index contributed by atoms with van der Waals surface area (Å²) in [5.41, 5.74) is 5.36. The lowest BCUT2D eigenvalue weighted by atomic mass is 10.0. The SMILES string of the molecule is CSSC[C@H](NC(=O)[C@H](CCC(=O)NC[C@H](O)[C@@H](O)[C@H](O)[C@H](O)CO)NC(=O)[C@H](CCC(=O)O)NC(=O)[C@H](CCC(=O)NC[C@H](O)[C@@H](O)[C@H](O)[C@H](O)CO)NC(=O)[C@H](CCC(=O)O)NC(=O)[C@H](CCC(=O)NC[C@H](O)[C@@H](O)[C@H](O)[C@H](O)CO)NC(=O)CC[C@H](NC(=O)c1ccc(NCc2cnc3nc(N)[nH]c(=O)c3n2)cc1)C(=O)O)C(=O)O. The van der Waals surface area contributed by atoms with Gasteiger partial charge in [0.2, 0.25) is 59.1 Å². The molecular formula is C66H100N16O34S2. The topological polar surface area (TPSA) is 853 Å². The van der Waals surface area contributed by atoms with E-state index >= 15 is 0 Å². The van der Waals surface area contributed by atoms with Crippen molar-refractivity contribution in [3.05, 3.63) is 52.1 Å². The van der Waals surface area contributed by atoms with Gasteiger partial charge in [-0.3, -0.25) is 67.3 Å². The number of carbonyl (C=O) groups excluding carboxylic acids is 10. The highest BCUT2D eigenvalue weighted by molar-refractivity contribution is 8.76. The third kappa shape index (κ3) is 35.5. The number of amides is 10. The van der Waals surface area contributed by atoms with Gasteiger partial charge < -0.3 is 161 Å². The molecule has 0 fully saturated rings. The van der Waals surface area contributed by atoms with Crippen LogP contribution < -0.4 is 69.8 Å². The van der Waals surface area contributed by atoms with Crippen LogP contribution in [0.5, 0.6) is 0 Å². The van der Waals surface area contributed by atoms with Gasteiger partial charge >= 0.3 is 23.9 Å². The van der Waals surface area contributed by atoms with E-state index in [-0.39, 0.29) is 40.7 Å². The molecule has 10 amide bonds.